The predicted molar refractivity (Wildman–Crippen MR) is 69.5 cm³/mol. The van der Waals surface area contributed by atoms with Gasteiger partial charge in [0.2, 0.25) is 10.0 Å². The second-order valence-electron chi connectivity index (χ2n) is 5.55. The summed E-state index contributed by atoms with van der Waals surface area (Å²) in [5.74, 6) is 0. The number of benzene rings is 1. The SMILES string of the molecule is CC1(C)CCN(S(=O)(=O)c2ccc(CO)cc2)C1. The Balaban J connectivity index is 2.25. The van der Waals surface area contributed by atoms with Gasteiger partial charge < -0.3 is 5.11 Å². The van der Waals surface area contributed by atoms with Crippen molar-refractivity contribution in [2.75, 3.05) is 13.1 Å². The minimum absolute atomic E-state index is 0.0537. The molecule has 1 saturated heterocycles. The van der Waals surface area contributed by atoms with Crippen LogP contribution < -0.4 is 0 Å². The number of sulfonamides is 1. The van der Waals surface area contributed by atoms with Crippen molar-refractivity contribution in [3.8, 4) is 0 Å². The second-order valence-corrected chi connectivity index (χ2v) is 7.49. The average Bonchev–Trinajstić information content (AvgIpc) is 2.70. The Hall–Kier alpha value is -0.910. The molecule has 2 rings (SSSR count). The zero-order valence-corrected chi connectivity index (χ0v) is 11.6. The molecule has 0 aliphatic carbocycles. The molecule has 1 fully saturated rings. The zero-order valence-electron chi connectivity index (χ0n) is 10.8. The fourth-order valence-corrected chi connectivity index (χ4v) is 3.81. The normalized spacial score (nSPS) is 20.2. The Morgan fingerprint density at radius 3 is 2.33 bits per heavy atom. The van der Waals surface area contributed by atoms with Crippen molar-refractivity contribution in [1.82, 2.24) is 4.31 Å². The van der Waals surface area contributed by atoms with E-state index < -0.39 is 10.0 Å². The maximum absolute atomic E-state index is 12.4. The van der Waals surface area contributed by atoms with Crippen LogP contribution in [-0.2, 0) is 16.6 Å². The van der Waals surface area contributed by atoms with E-state index in [1.54, 1.807) is 28.6 Å². The van der Waals surface area contributed by atoms with Crippen molar-refractivity contribution in [2.45, 2.75) is 31.8 Å². The fraction of sp³-hybridized carbons (Fsp3) is 0.538. The van der Waals surface area contributed by atoms with E-state index in [-0.39, 0.29) is 12.0 Å². The highest BCUT2D eigenvalue weighted by Crippen LogP contribution is 2.32. The molecule has 18 heavy (non-hydrogen) atoms. The van der Waals surface area contributed by atoms with Crippen LogP contribution in [0.2, 0.25) is 0 Å². The summed E-state index contributed by atoms with van der Waals surface area (Å²) in [4.78, 5) is 0.303. The first kappa shape index (κ1) is 13.5. The molecule has 1 aliphatic rings. The third kappa shape index (κ3) is 2.58. The van der Waals surface area contributed by atoms with Crippen molar-refractivity contribution < 1.29 is 13.5 Å². The van der Waals surface area contributed by atoms with Crippen LogP contribution in [0.5, 0.6) is 0 Å². The van der Waals surface area contributed by atoms with Crippen LogP contribution in [-0.4, -0.2) is 30.9 Å². The van der Waals surface area contributed by atoms with Crippen LogP contribution in [0.1, 0.15) is 25.8 Å². The van der Waals surface area contributed by atoms with Gasteiger partial charge in [0, 0.05) is 13.1 Å². The molecular weight excluding hydrogens is 250 g/mol. The Bertz CT molecular complexity index is 520. The molecule has 1 N–H and O–H groups in total. The van der Waals surface area contributed by atoms with Gasteiger partial charge in [0.25, 0.3) is 0 Å². The van der Waals surface area contributed by atoms with E-state index in [2.05, 4.69) is 13.8 Å². The Morgan fingerprint density at radius 1 is 1.28 bits per heavy atom. The molecule has 1 aliphatic heterocycles. The third-order valence-electron chi connectivity index (χ3n) is 3.39. The first-order chi connectivity index (χ1) is 8.35. The molecule has 5 heteroatoms. The van der Waals surface area contributed by atoms with E-state index in [1.165, 1.54) is 0 Å². The summed E-state index contributed by atoms with van der Waals surface area (Å²) in [7, 11) is -3.38. The Morgan fingerprint density at radius 2 is 1.89 bits per heavy atom. The van der Waals surface area contributed by atoms with Crippen molar-refractivity contribution >= 4 is 10.0 Å². The van der Waals surface area contributed by atoms with Crippen LogP contribution in [0.4, 0.5) is 0 Å². The molecule has 0 unspecified atom stereocenters. The number of aliphatic hydroxyl groups excluding tert-OH is 1. The second kappa shape index (κ2) is 4.64. The Kier molecular flexibility index (Phi) is 3.49. The fourth-order valence-electron chi connectivity index (χ4n) is 2.18. The summed E-state index contributed by atoms with van der Waals surface area (Å²) in [6.07, 6.45) is 0.890. The molecule has 1 aromatic carbocycles. The van der Waals surface area contributed by atoms with Gasteiger partial charge in [0.05, 0.1) is 11.5 Å². The number of hydrogen-bond donors (Lipinski definition) is 1. The lowest BCUT2D eigenvalue weighted by Gasteiger charge is -2.19. The van der Waals surface area contributed by atoms with Gasteiger partial charge in [-0.3, -0.25) is 0 Å². The maximum Gasteiger partial charge on any atom is 0.243 e. The maximum atomic E-state index is 12.4. The molecule has 0 radical (unpaired) electrons. The highest BCUT2D eigenvalue weighted by atomic mass is 32.2. The minimum atomic E-state index is -3.38. The lowest BCUT2D eigenvalue weighted by molar-refractivity contribution is 0.281. The monoisotopic (exact) mass is 269 g/mol. The largest absolute Gasteiger partial charge is 0.392 e. The number of rotatable bonds is 3. The molecular formula is C13H19NO3S. The lowest BCUT2D eigenvalue weighted by Crippen LogP contribution is -2.30. The molecule has 0 aromatic heterocycles. The quantitative estimate of drug-likeness (QED) is 0.906. The number of nitrogens with zero attached hydrogens (tertiary/aromatic N) is 1. The third-order valence-corrected chi connectivity index (χ3v) is 5.25. The van der Waals surface area contributed by atoms with Crippen LogP contribution >= 0.6 is 0 Å². The summed E-state index contributed by atoms with van der Waals surface area (Å²) in [6.45, 7) is 5.24. The highest BCUT2D eigenvalue weighted by Gasteiger charge is 2.36. The summed E-state index contributed by atoms with van der Waals surface area (Å²) in [5.41, 5.74) is 0.772. The van der Waals surface area contributed by atoms with Gasteiger partial charge in [0.1, 0.15) is 0 Å². The molecule has 100 valence electrons. The van der Waals surface area contributed by atoms with E-state index in [9.17, 15) is 8.42 Å². The molecule has 0 amide bonds. The van der Waals surface area contributed by atoms with E-state index >= 15 is 0 Å². The Labute approximate surface area is 108 Å². The summed E-state index contributed by atoms with van der Waals surface area (Å²) in [6, 6.07) is 6.42. The van der Waals surface area contributed by atoms with Crippen LogP contribution in [0.15, 0.2) is 29.2 Å². The van der Waals surface area contributed by atoms with Gasteiger partial charge >= 0.3 is 0 Å². The molecule has 1 aromatic rings. The van der Waals surface area contributed by atoms with Gasteiger partial charge in [-0.2, -0.15) is 4.31 Å². The van der Waals surface area contributed by atoms with E-state index in [0.29, 0.717) is 18.0 Å². The van der Waals surface area contributed by atoms with Gasteiger partial charge in [-0.15, -0.1) is 0 Å². The van der Waals surface area contributed by atoms with Crippen molar-refractivity contribution in [3.63, 3.8) is 0 Å². The standard InChI is InChI=1S/C13H19NO3S/c1-13(2)7-8-14(10-13)18(16,17)12-5-3-11(9-15)4-6-12/h3-6,15H,7-10H2,1-2H3. The molecule has 0 saturated carbocycles. The highest BCUT2D eigenvalue weighted by molar-refractivity contribution is 7.89. The number of aliphatic hydroxyl groups is 1. The topological polar surface area (TPSA) is 57.6 Å². The van der Waals surface area contributed by atoms with Crippen LogP contribution in [0.3, 0.4) is 0 Å². The molecule has 0 atom stereocenters. The summed E-state index contributed by atoms with van der Waals surface area (Å²) in [5, 5.41) is 8.95. The van der Waals surface area contributed by atoms with Gasteiger partial charge in [-0.05, 0) is 29.5 Å². The van der Waals surface area contributed by atoms with E-state index in [0.717, 1.165) is 12.0 Å². The number of hydrogen-bond acceptors (Lipinski definition) is 3. The summed E-state index contributed by atoms with van der Waals surface area (Å²) >= 11 is 0. The first-order valence-electron chi connectivity index (χ1n) is 6.05. The summed E-state index contributed by atoms with van der Waals surface area (Å²) < 4.78 is 26.3. The smallest absolute Gasteiger partial charge is 0.243 e. The lowest BCUT2D eigenvalue weighted by atomic mass is 9.93. The molecule has 4 nitrogen and oxygen atoms in total. The molecule has 1 heterocycles. The first-order valence-corrected chi connectivity index (χ1v) is 7.49. The van der Waals surface area contributed by atoms with Crippen LogP contribution in [0.25, 0.3) is 0 Å². The molecule has 0 bridgehead atoms. The van der Waals surface area contributed by atoms with Crippen molar-refractivity contribution in [3.05, 3.63) is 29.8 Å². The minimum Gasteiger partial charge on any atom is -0.392 e. The van der Waals surface area contributed by atoms with Gasteiger partial charge in [-0.25, -0.2) is 8.42 Å². The van der Waals surface area contributed by atoms with Gasteiger partial charge in [0.15, 0.2) is 0 Å². The van der Waals surface area contributed by atoms with Gasteiger partial charge in [-0.1, -0.05) is 26.0 Å². The van der Waals surface area contributed by atoms with Crippen molar-refractivity contribution in [2.24, 2.45) is 5.41 Å². The average molecular weight is 269 g/mol. The van der Waals surface area contributed by atoms with Crippen LogP contribution in [0, 0.1) is 5.41 Å². The molecule has 0 spiro atoms. The van der Waals surface area contributed by atoms with E-state index in [4.69, 9.17) is 5.11 Å². The van der Waals surface area contributed by atoms with E-state index in [1.807, 2.05) is 0 Å². The predicted octanol–water partition coefficient (Wildman–Crippen LogP) is 1.60. The zero-order chi connectivity index (χ0) is 13.4. The van der Waals surface area contributed by atoms with Crippen molar-refractivity contribution in [1.29, 1.82) is 0 Å².